The molecule has 1 amide bonds. The van der Waals surface area contributed by atoms with Gasteiger partial charge < -0.3 is 10.4 Å². The van der Waals surface area contributed by atoms with Gasteiger partial charge in [-0.05, 0) is 23.8 Å². The molecule has 2 N–H and O–H groups in total. The third-order valence-corrected chi connectivity index (χ3v) is 4.50. The van der Waals surface area contributed by atoms with Crippen LogP contribution in [0.5, 0.6) is 0 Å². The Labute approximate surface area is 134 Å². The molecule has 0 fully saturated rings. The van der Waals surface area contributed by atoms with E-state index < -0.39 is 17.8 Å². The molecule has 0 heterocycles. The second kappa shape index (κ2) is 6.24. The molecule has 0 radical (unpaired) electrons. The third kappa shape index (κ3) is 2.97. The summed E-state index contributed by atoms with van der Waals surface area (Å²) in [5.74, 6) is -2.48. The molecule has 3 atom stereocenters. The molecule has 0 spiro atoms. The number of benzene rings is 2. The van der Waals surface area contributed by atoms with Gasteiger partial charge in [-0.25, -0.2) is 0 Å². The number of hydrogen-bond acceptors (Lipinski definition) is 2. The van der Waals surface area contributed by atoms with Crippen LogP contribution in [-0.2, 0) is 9.59 Å². The summed E-state index contributed by atoms with van der Waals surface area (Å²) < 4.78 is 0. The first-order valence-electron chi connectivity index (χ1n) is 7.76. The Bertz CT molecular complexity index is 776. The zero-order valence-electron chi connectivity index (χ0n) is 12.9. The van der Waals surface area contributed by atoms with E-state index >= 15 is 0 Å². The molecule has 2 aromatic rings. The molecular weight excluding hydrogens is 290 g/mol. The van der Waals surface area contributed by atoms with Gasteiger partial charge in [-0.3, -0.25) is 9.59 Å². The molecule has 0 saturated heterocycles. The van der Waals surface area contributed by atoms with E-state index in [1.54, 1.807) is 0 Å². The Hall–Kier alpha value is -2.62. The summed E-state index contributed by atoms with van der Waals surface area (Å²) in [4.78, 5) is 24.2. The molecule has 3 unspecified atom stereocenters. The number of allylic oxidation sites excluding steroid dienone is 2. The molecule has 118 valence electrons. The zero-order chi connectivity index (χ0) is 16.4. The Balaban J connectivity index is 1.90. The minimum atomic E-state index is -0.917. The van der Waals surface area contributed by atoms with Gasteiger partial charge in [0, 0.05) is 11.1 Å². The van der Waals surface area contributed by atoms with Crippen LogP contribution in [-0.4, -0.2) is 17.0 Å². The Morgan fingerprint density at radius 2 is 1.87 bits per heavy atom. The number of fused-ring (bicyclic) bond motifs is 1. The minimum Gasteiger partial charge on any atom is -0.481 e. The van der Waals surface area contributed by atoms with Crippen LogP contribution in [0.2, 0.25) is 0 Å². The van der Waals surface area contributed by atoms with E-state index in [0.717, 1.165) is 16.5 Å². The first-order valence-corrected chi connectivity index (χ1v) is 7.76. The van der Waals surface area contributed by atoms with Crippen molar-refractivity contribution in [3.63, 3.8) is 0 Å². The van der Waals surface area contributed by atoms with E-state index in [1.165, 1.54) is 0 Å². The highest BCUT2D eigenvalue weighted by molar-refractivity contribution is 6.03. The van der Waals surface area contributed by atoms with Gasteiger partial charge in [-0.1, -0.05) is 55.5 Å². The average molecular weight is 309 g/mol. The van der Waals surface area contributed by atoms with E-state index in [9.17, 15) is 14.7 Å². The van der Waals surface area contributed by atoms with Gasteiger partial charge in [0.1, 0.15) is 0 Å². The van der Waals surface area contributed by atoms with E-state index in [0.29, 0.717) is 6.42 Å². The van der Waals surface area contributed by atoms with Crippen molar-refractivity contribution in [2.75, 3.05) is 5.32 Å². The van der Waals surface area contributed by atoms with Crippen molar-refractivity contribution in [2.45, 2.75) is 13.3 Å². The molecule has 0 bridgehead atoms. The standard InChI is InChI=1S/C19H19NO3/c1-12-6-4-10-15(19(22)23)17(12)18(21)20-16-11-5-8-13-7-2-3-9-14(13)16/h2-9,11-12,15,17H,10H2,1H3,(H,20,21)(H,22,23). The minimum absolute atomic E-state index is 0.0974. The number of amides is 1. The zero-order valence-corrected chi connectivity index (χ0v) is 12.9. The second-order valence-electron chi connectivity index (χ2n) is 6.01. The first-order chi connectivity index (χ1) is 11.1. The number of aliphatic carboxylic acids is 1. The van der Waals surface area contributed by atoms with Gasteiger partial charge in [0.15, 0.2) is 0 Å². The van der Waals surface area contributed by atoms with Crippen LogP contribution < -0.4 is 5.32 Å². The second-order valence-corrected chi connectivity index (χ2v) is 6.01. The summed E-state index contributed by atoms with van der Waals surface area (Å²) in [6.45, 7) is 1.89. The SMILES string of the molecule is CC1C=CCC(C(=O)O)C1C(=O)Nc1cccc2ccccc12. The van der Waals surface area contributed by atoms with Crippen LogP contribution in [0.4, 0.5) is 5.69 Å². The Morgan fingerprint density at radius 3 is 2.65 bits per heavy atom. The summed E-state index contributed by atoms with van der Waals surface area (Å²) in [5.41, 5.74) is 0.721. The van der Waals surface area contributed by atoms with Crippen LogP contribution in [0, 0.1) is 17.8 Å². The maximum atomic E-state index is 12.7. The molecule has 23 heavy (non-hydrogen) atoms. The molecule has 0 saturated carbocycles. The lowest BCUT2D eigenvalue weighted by Crippen LogP contribution is -2.39. The highest BCUT2D eigenvalue weighted by atomic mass is 16.4. The number of anilines is 1. The summed E-state index contributed by atoms with van der Waals surface area (Å²) >= 11 is 0. The normalized spacial score (nSPS) is 23.6. The molecule has 0 aliphatic heterocycles. The van der Waals surface area contributed by atoms with Gasteiger partial charge in [0.25, 0.3) is 0 Å². The predicted molar refractivity (Wildman–Crippen MR) is 90.1 cm³/mol. The number of carboxylic acid groups (broad SMARTS) is 1. The van der Waals surface area contributed by atoms with Crippen molar-refractivity contribution in [3.8, 4) is 0 Å². The molecule has 4 nitrogen and oxygen atoms in total. The lowest BCUT2D eigenvalue weighted by Gasteiger charge is -2.29. The lowest BCUT2D eigenvalue weighted by molar-refractivity contribution is -0.147. The van der Waals surface area contributed by atoms with Crippen LogP contribution in [0.3, 0.4) is 0 Å². The predicted octanol–water partition coefficient (Wildman–Crippen LogP) is 3.69. The van der Waals surface area contributed by atoms with Crippen molar-refractivity contribution in [1.82, 2.24) is 0 Å². The maximum Gasteiger partial charge on any atom is 0.307 e. The van der Waals surface area contributed by atoms with Crippen molar-refractivity contribution in [1.29, 1.82) is 0 Å². The summed E-state index contributed by atoms with van der Waals surface area (Å²) in [7, 11) is 0. The van der Waals surface area contributed by atoms with Crippen LogP contribution in [0.25, 0.3) is 10.8 Å². The number of carbonyl (C=O) groups is 2. The van der Waals surface area contributed by atoms with Gasteiger partial charge in [-0.2, -0.15) is 0 Å². The Kier molecular flexibility index (Phi) is 4.15. The lowest BCUT2D eigenvalue weighted by atomic mass is 9.76. The van der Waals surface area contributed by atoms with Crippen LogP contribution >= 0.6 is 0 Å². The Morgan fingerprint density at radius 1 is 1.13 bits per heavy atom. The van der Waals surface area contributed by atoms with Crippen molar-refractivity contribution in [2.24, 2.45) is 17.8 Å². The van der Waals surface area contributed by atoms with Gasteiger partial charge >= 0.3 is 5.97 Å². The maximum absolute atomic E-state index is 12.7. The van der Waals surface area contributed by atoms with Crippen LogP contribution in [0.1, 0.15) is 13.3 Å². The summed E-state index contributed by atoms with van der Waals surface area (Å²) in [6, 6.07) is 13.5. The monoisotopic (exact) mass is 309 g/mol. The van der Waals surface area contributed by atoms with E-state index in [4.69, 9.17) is 0 Å². The average Bonchev–Trinajstić information content (AvgIpc) is 2.54. The molecule has 3 rings (SSSR count). The topological polar surface area (TPSA) is 66.4 Å². The van der Waals surface area contributed by atoms with Gasteiger partial charge in [0.2, 0.25) is 5.91 Å². The van der Waals surface area contributed by atoms with E-state index in [1.807, 2.05) is 61.5 Å². The van der Waals surface area contributed by atoms with Crippen molar-refractivity contribution < 1.29 is 14.7 Å². The number of carboxylic acids is 1. The first kappa shape index (κ1) is 15.3. The molecule has 4 heteroatoms. The molecule has 1 aliphatic rings. The molecular formula is C19H19NO3. The van der Waals surface area contributed by atoms with E-state index in [-0.39, 0.29) is 11.8 Å². The van der Waals surface area contributed by atoms with Crippen molar-refractivity contribution >= 4 is 28.3 Å². The summed E-state index contributed by atoms with van der Waals surface area (Å²) in [5, 5.41) is 14.3. The number of hydrogen-bond donors (Lipinski definition) is 2. The summed E-state index contributed by atoms with van der Waals surface area (Å²) in [6.07, 6.45) is 4.17. The molecule has 0 aromatic heterocycles. The molecule has 2 aromatic carbocycles. The van der Waals surface area contributed by atoms with Gasteiger partial charge in [0.05, 0.1) is 11.8 Å². The fourth-order valence-electron chi connectivity index (χ4n) is 3.30. The van der Waals surface area contributed by atoms with E-state index in [2.05, 4.69) is 5.32 Å². The van der Waals surface area contributed by atoms with Crippen molar-refractivity contribution in [3.05, 3.63) is 54.6 Å². The number of carbonyl (C=O) groups excluding carboxylic acids is 1. The third-order valence-electron chi connectivity index (χ3n) is 4.50. The highest BCUT2D eigenvalue weighted by Crippen LogP contribution is 2.32. The largest absolute Gasteiger partial charge is 0.481 e. The fraction of sp³-hybridized carbons (Fsp3) is 0.263. The fourth-order valence-corrected chi connectivity index (χ4v) is 3.30. The van der Waals surface area contributed by atoms with Crippen LogP contribution in [0.15, 0.2) is 54.6 Å². The number of nitrogens with one attached hydrogen (secondary N) is 1. The smallest absolute Gasteiger partial charge is 0.307 e. The molecule has 1 aliphatic carbocycles. The quantitative estimate of drug-likeness (QED) is 0.850. The van der Waals surface area contributed by atoms with Gasteiger partial charge in [-0.15, -0.1) is 0 Å². The number of rotatable bonds is 3. The highest BCUT2D eigenvalue weighted by Gasteiger charge is 2.38.